The Morgan fingerprint density at radius 1 is 1.31 bits per heavy atom. The van der Waals surface area contributed by atoms with Crippen LogP contribution >= 0.6 is 0 Å². The van der Waals surface area contributed by atoms with Gasteiger partial charge in [-0.2, -0.15) is 0 Å². The molecule has 3 heterocycles. The minimum Gasteiger partial charge on any atom is -0.479 e. The summed E-state index contributed by atoms with van der Waals surface area (Å²) in [5.74, 6) is -1.89. The summed E-state index contributed by atoms with van der Waals surface area (Å²) in [6.07, 6.45) is -6.15. The zero-order valence-electron chi connectivity index (χ0n) is 13.9. The van der Waals surface area contributed by atoms with Crippen LogP contribution in [0.15, 0.2) is 24.5 Å². The molecule has 0 unspecified atom stereocenters. The molecule has 0 aromatic carbocycles. The number of pyridine rings is 1. The van der Waals surface area contributed by atoms with Gasteiger partial charge in [0.2, 0.25) is 0 Å². The van der Waals surface area contributed by atoms with Gasteiger partial charge in [-0.3, -0.25) is 9.78 Å². The zero-order valence-corrected chi connectivity index (χ0v) is 13.9. The number of likely N-dealkylation sites (tertiary alicyclic amines) is 1. The number of hydrogen-bond acceptors (Lipinski definition) is 8. The third-order valence-electron chi connectivity index (χ3n) is 4.71. The van der Waals surface area contributed by atoms with E-state index in [0.717, 1.165) is 5.56 Å². The molecule has 3 rings (SSSR count). The van der Waals surface area contributed by atoms with Crippen LogP contribution in [-0.2, 0) is 19.1 Å². The van der Waals surface area contributed by atoms with Crippen molar-refractivity contribution in [1.82, 2.24) is 9.88 Å². The summed E-state index contributed by atoms with van der Waals surface area (Å²) >= 11 is 0. The molecule has 4 N–H and O–H groups in total. The van der Waals surface area contributed by atoms with Gasteiger partial charge in [0, 0.05) is 25.9 Å². The van der Waals surface area contributed by atoms with Crippen molar-refractivity contribution in [2.75, 3.05) is 7.05 Å². The van der Waals surface area contributed by atoms with Crippen LogP contribution in [0.1, 0.15) is 18.0 Å². The van der Waals surface area contributed by atoms with E-state index in [0.29, 0.717) is 0 Å². The maximum atomic E-state index is 12.4. The molecule has 142 valence electrons. The van der Waals surface area contributed by atoms with Crippen LogP contribution in [0, 0.1) is 0 Å². The first-order valence-electron chi connectivity index (χ1n) is 8.05. The average molecular weight is 368 g/mol. The van der Waals surface area contributed by atoms with Crippen LogP contribution in [0.5, 0.6) is 0 Å². The summed E-state index contributed by atoms with van der Waals surface area (Å²) in [5.41, 5.74) is 0.804. The highest BCUT2D eigenvalue weighted by molar-refractivity contribution is 5.83. The predicted octanol–water partition coefficient (Wildman–Crippen LogP) is -1.74. The summed E-state index contributed by atoms with van der Waals surface area (Å²) in [6, 6.07) is 3.26. The number of ether oxygens (including phenoxy) is 2. The number of likely N-dealkylation sites (N-methyl/N-ethyl adjacent to an activating group) is 1. The van der Waals surface area contributed by atoms with Crippen LogP contribution < -0.4 is 0 Å². The van der Waals surface area contributed by atoms with E-state index in [2.05, 4.69) is 4.98 Å². The van der Waals surface area contributed by atoms with Crippen LogP contribution in [-0.4, -0.2) is 86.0 Å². The van der Waals surface area contributed by atoms with Gasteiger partial charge < -0.3 is 34.8 Å². The van der Waals surface area contributed by atoms with Crippen LogP contribution in [0.4, 0.5) is 0 Å². The Balaban J connectivity index is 1.73. The van der Waals surface area contributed by atoms with Gasteiger partial charge in [-0.15, -0.1) is 0 Å². The molecule has 0 bridgehead atoms. The monoisotopic (exact) mass is 368 g/mol. The van der Waals surface area contributed by atoms with E-state index < -0.39 is 42.8 Å². The minimum absolute atomic E-state index is 0.240. The number of carboxylic acid groups (broad SMARTS) is 1. The lowest BCUT2D eigenvalue weighted by atomic mass is 9.99. The van der Waals surface area contributed by atoms with E-state index in [-0.39, 0.29) is 18.4 Å². The van der Waals surface area contributed by atoms with E-state index in [9.17, 15) is 24.9 Å². The Hall–Kier alpha value is -2.11. The Kier molecular flexibility index (Phi) is 5.21. The third-order valence-corrected chi connectivity index (χ3v) is 4.71. The number of aliphatic hydroxyl groups is 3. The molecule has 1 aromatic heterocycles. The van der Waals surface area contributed by atoms with Gasteiger partial charge in [-0.1, -0.05) is 6.07 Å². The first kappa shape index (κ1) is 18.7. The van der Waals surface area contributed by atoms with Crippen molar-refractivity contribution in [3.05, 3.63) is 30.1 Å². The smallest absolute Gasteiger partial charge is 0.335 e. The van der Waals surface area contributed by atoms with Crippen LogP contribution in [0.3, 0.4) is 0 Å². The molecule has 7 atom stereocenters. The number of hydrogen-bond donors (Lipinski definition) is 4. The molecule has 0 aliphatic carbocycles. The maximum absolute atomic E-state index is 12.4. The maximum Gasteiger partial charge on any atom is 0.335 e. The van der Waals surface area contributed by atoms with Gasteiger partial charge >= 0.3 is 5.97 Å². The SMILES string of the molecule is CN1C(=O)[C@@H](O[C@H]2O[C@@H](C(=O)O)[C@H](O)[C@@H](O)[C@@H]2O)C[C@H]1c1cccnc1. The molecular weight excluding hydrogens is 348 g/mol. The van der Waals surface area contributed by atoms with Crippen molar-refractivity contribution in [3.8, 4) is 0 Å². The molecule has 1 aromatic rings. The first-order valence-corrected chi connectivity index (χ1v) is 8.05. The highest BCUT2D eigenvalue weighted by Gasteiger charge is 2.50. The predicted molar refractivity (Wildman–Crippen MR) is 83.6 cm³/mol. The highest BCUT2D eigenvalue weighted by atomic mass is 16.7. The second-order valence-electron chi connectivity index (χ2n) is 6.35. The van der Waals surface area contributed by atoms with Gasteiger partial charge in [-0.05, 0) is 11.6 Å². The molecule has 0 spiro atoms. The number of aliphatic carboxylic acids is 1. The number of carboxylic acids is 1. The zero-order chi connectivity index (χ0) is 19.0. The fourth-order valence-electron chi connectivity index (χ4n) is 3.22. The van der Waals surface area contributed by atoms with Gasteiger partial charge in [0.05, 0.1) is 6.04 Å². The van der Waals surface area contributed by atoms with Crippen molar-refractivity contribution in [2.24, 2.45) is 0 Å². The highest BCUT2D eigenvalue weighted by Crippen LogP contribution is 2.34. The van der Waals surface area contributed by atoms with Crippen molar-refractivity contribution in [3.63, 3.8) is 0 Å². The first-order chi connectivity index (χ1) is 12.3. The van der Waals surface area contributed by atoms with Crippen molar-refractivity contribution in [1.29, 1.82) is 0 Å². The number of amides is 1. The normalized spacial score (nSPS) is 37.8. The molecule has 1 amide bonds. The number of rotatable bonds is 4. The minimum atomic E-state index is -1.81. The van der Waals surface area contributed by atoms with Gasteiger partial charge in [0.25, 0.3) is 5.91 Å². The molecular formula is C16H20N2O8. The number of nitrogens with zero attached hydrogens (tertiary/aromatic N) is 2. The fourth-order valence-corrected chi connectivity index (χ4v) is 3.22. The Morgan fingerprint density at radius 2 is 2.04 bits per heavy atom. The van der Waals surface area contributed by atoms with Gasteiger partial charge in [-0.25, -0.2) is 4.79 Å². The summed E-state index contributed by atoms with van der Waals surface area (Å²) < 4.78 is 10.5. The van der Waals surface area contributed by atoms with E-state index in [4.69, 9.17) is 14.6 Å². The molecule has 2 aliphatic heterocycles. The lowest BCUT2D eigenvalue weighted by Crippen LogP contribution is -2.61. The molecule has 10 nitrogen and oxygen atoms in total. The molecule has 2 aliphatic rings. The molecule has 0 radical (unpaired) electrons. The van der Waals surface area contributed by atoms with Crippen molar-refractivity contribution in [2.45, 2.75) is 49.3 Å². The van der Waals surface area contributed by atoms with Crippen molar-refractivity contribution < 1.29 is 39.5 Å². The number of aliphatic hydroxyl groups excluding tert-OH is 3. The Labute approximate surface area is 148 Å². The van der Waals surface area contributed by atoms with E-state index in [1.54, 1.807) is 25.5 Å². The number of aromatic nitrogens is 1. The molecule has 26 heavy (non-hydrogen) atoms. The number of carbonyl (C=O) groups excluding carboxylic acids is 1. The number of carbonyl (C=O) groups is 2. The molecule has 0 saturated carbocycles. The summed E-state index contributed by atoms with van der Waals surface area (Å²) in [5, 5.41) is 38.6. The summed E-state index contributed by atoms with van der Waals surface area (Å²) in [6.45, 7) is 0. The standard InChI is InChI=1S/C16H20N2O8/c1-18-8(7-3-2-4-17-6-7)5-9(14(18)22)25-16-12(21)10(19)11(20)13(26-16)15(23)24/h2-4,6,8-13,16,19-21H,5H2,1H3,(H,23,24)/t8-,9-,10+,11+,12-,13+,16-/m0/s1. The third kappa shape index (κ3) is 3.29. The quantitative estimate of drug-likeness (QED) is 0.486. The van der Waals surface area contributed by atoms with E-state index in [1.807, 2.05) is 6.07 Å². The van der Waals surface area contributed by atoms with Gasteiger partial charge in [0.1, 0.15) is 24.4 Å². The Morgan fingerprint density at radius 3 is 2.65 bits per heavy atom. The van der Waals surface area contributed by atoms with E-state index in [1.165, 1.54) is 4.90 Å². The largest absolute Gasteiger partial charge is 0.479 e. The van der Waals surface area contributed by atoms with Gasteiger partial charge in [0.15, 0.2) is 12.4 Å². The molecule has 2 fully saturated rings. The molecule has 2 saturated heterocycles. The van der Waals surface area contributed by atoms with E-state index >= 15 is 0 Å². The lowest BCUT2D eigenvalue weighted by Gasteiger charge is -2.39. The fraction of sp³-hybridized carbons (Fsp3) is 0.562. The summed E-state index contributed by atoms with van der Waals surface area (Å²) in [4.78, 5) is 29.1. The topological polar surface area (TPSA) is 150 Å². The lowest BCUT2D eigenvalue weighted by molar-refractivity contribution is -0.301. The van der Waals surface area contributed by atoms with Crippen LogP contribution in [0.25, 0.3) is 0 Å². The second kappa shape index (κ2) is 7.25. The average Bonchev–Trinajstić information content (AvgIpc) is 2.91. The second-order valence-corrected chi connectivity index (χ2v) is 6.35. The summed E-state index contributed by atoms with van der Waals surface area (Å²) in [7, 11) is 1.60. The van der Waals surface area contributed by atoms with Crippen molar-refractivity contribution >= 4 is 11.9 Å². The Bertz CT molecular complexity index is 671. The molecule has 10 heteroatoms. The van der Waals surface area contributed by atoms with Crippen LogP contribution in [0.2, 0.25) is 0 Å².